The van der Waals surface area contributed by atoms with E-state index in [1.807, 2.05) is 52.0 Å². The smallest absolute Gasteiger partial charge is 0.262 e. The average Bonchev–Trinajstić information content (AvgIpc) is 3.18. The summed E-state index contributed by atoms with van der Waals surface area (Å²) in [4.78, 5) is 40.1. The van der Waals surface area contributed by atoms with Crippen LogP contribution in [0.25, 0.3) is 11.0 Å². The van der Waals surface area contributed by atoms with Crippen molar-refractivity contribution < 1.29 is 18.8 Å². The van der Waals surface area contributed by atoms with Crippen molar-refractivity contribution in [1.82, 2.24) is 10.2 Å². The Kier molecular flexibility index (Phi) is 4.94. The second-order valence-corrected chi connectivity index (χ2v) is 8.03. The van der Waals surface area contributed by atoms with Crippen molar-refractivity contribution >= 4 is 28.7 Å². The topological polar surface area (TPSA) is 79.6 Å². The minimum absolute atomic E-state index is 0.254. The largest absolute Gasteiger partial charge is 0.459 e. The van der Waals surface area contributed by atoms with Crippen LogP contribution in [0.3, 0.4) is 0 Å². The Hall–Kier alpha value is -3.41. The first-order valence-electron chi connectivity index (χ1n) is 10.1. The molecule has 0 spiro atoms. The molecule has 3 aromatic rings. The van der Waals surface area contributed by atoms with Crippen LogP contribution in [0.4, 0.5) is 0 Å². The van der Waals surface area contributed by atoms with Crippen molar-refractivity contribution in [3.05, 3.63) is 71.0 Å². The van der Waals surface area contributed by atoms with Crippen LogP contribution in [0.2, 0.25) is 0 Å². The molecule has 154 valence electrons. The molecule has 0 bridgehead atoms. The summed E-state index contributed by atoms with van der Waals surface area (Å²) in [5, 5.41) is 3.94. The summed E-state index contributed by atoms with van der Waals surface area (Å²) in [7, 11) is 0. The summed E-state index contributed by atoms with van der Waals surface area (Å²) in [6, 6.07) is 13.0. The van der Waals surface area contributed by atoms with Crippen LogP contribution < -0.4 is 5.32 Å². The van der Waals surface area contributed by atoms with E-state index in [9.17, 15) is 14.4 Å². The highest BCUT2D eigenvalue weighted by molar-refractivity contribution is 6.22. The minimum Gasteiger partial charge on any atom is -0.459 e. The molecule has 2 unspecified atom stereocenters. The fraction of sp³-hybridized carbons (Fsp3) is 0.292. The first kappa shape index (κ1) is 19.9. The van der Waals surface area contributed by atoms with Crippen molar-refractivity contribution in [2.24, 2.45) is 5.92 Å². The van der Waals surface area contributed by atoms with Gasteiger partial charge in [-0.25, -0.2) is 0 Å². The molecule has 0 fully saturated rings. The van der Waals surface area contributed by atoms with Gasteiger partial charge in [0.05, 0.1) is 17.2 Å². The van der Waals surface area contributed by atoms with Gasteiger partial charge in [0.2, 0.25) is 5.91 Å². The van der Waals surface area contributed by atoms with Crippen molar-refractivity contribution in [2.75, 3.05) is 0 Å². The number of fused-ring (bicyclic) bond motifs is 2. The molecule has 30 heavy (non-hydrogen) atoms. The molecular formula is C24H24N2O4. The molecule has 0 radical (unpaired) electrons. The molecule has 1 N–H and O–H groups in total. The molecule has 2 atom stereocenters. The van der Waals surface area contributed by atoms with Crippen LogP contribution in [0, 0.1) is 12.8 Å². The van der Waals surface area contributed by atoms with E-state index in [-0.39, 0.29) is 11.8 Å². The SMILES string of the molecule is Cc1c(C(C)NC(=O)C(C(C)C)N2C(=O)c3ccccc3C2=O)oc2ccccc12. The van der Waals surface area contributed by atoms with Gasteiger partial charge < -0.3 is 9.73 Å². The molecule has 0 aliphatic carbocycles. The molecule has 1 aromatic heterocycles. The third kappa shape index (κ3) is 3.09. The van der Waals surface area contributed by atoms with E-state index < -0.39 is 23.9 Å². The third-order valence-electron chi connectivity index (χ3n) is 5.64. The van der Waals surface area contributed by atoms with Gasteiger partial charge in [-0.2, -0.15) is 0 Å². The van der Waals surface area contributed by atoms with Gasteiger partial charge in [0.1, 0.15) is 17.4 Å². The zero-order valence-electron chi connectivity index (χ0n) is 17.4. The molecule has 4 rings (SSSR count). The monoisotopic (exact) mass is 404 g/mol. The number of imide groups is 1. The van der Waals surface area contributed by atoms with Crippen LogP contribution in [-0.4, -0.2) is 28.7 Å². The lowest BCUT2D eigenvalue weighted by Gasteiger charge is -2.29. The Morgan fingerprint density at radius 3 is 2.07 bits per heavy atom. The number of hydrogen-bond acceptors (Lipinski definition) is 4. The third-order valence-corrected chi connectivity index (χ3v) is 5.64. The van der Waals surface area contributed by atoms with Crippen LogP contribution in [0.1, 0.15) is 58.9 Å². The summed E-state index contributed by atoms with van der Waals surface area (Å²) < 4.78 is 5.96. The predicted molar refractivity (Wildman–Crippen MR) is 113 cm³/mol. The van der Waals surface area contributed by atoms with Crippen LogP contribution in [0.15, 0.2) is 52.9 Å². The molecule has 0 saturated heterocycles. The van der Waals surface area contributed by atoms with Crippen LogP contribution in [-0.2, 0) is 4.79 Å². The molecular weight excluding hydrogens is 380 g/mol. The van der Waals surface area contributed by atoms with Crippen molar-refractivity contribution in [2.45, 2.75) is 39.8 Å². The number of nitrogens with zero attached hydrogens (tertiary/aromatic N) is 1. The van der Waals surface area contributed by atoms with Gasteiger partial charge in [-0.1, -0.05) is 44.2 Å². The number of carbonyl (C=O) groups excluding carboxylic acids is 3. The van der Waals surface area contributed by atoms with Gasteiger partial charge in [0, 0.05) is 10.9 Å². The molecule has 1 aliphatic heterocycles. The second-order valence-electron chi connectivity index (χ2n) is 8.03. The number of hydrogen-bond donors (Lipinski definition) is 1. The number of nitrogens with one attached hydrogen (secondary N) is 1. The van der Waals surface area contributed by atoms with E-state index in [0.29, 0.717) is 16.9 Å². The maximum atomic E-state index is 13.2. The number of para-hydroxylation sites is 1. The Labute approximate surface area is 174 Å². The van der Waals surface area contributed by atoms with E-state index in [4.69, 9.17) is 4.42 Å². The fourth-order valence-electron chi connectivity index (χ4n) is 4.15. The molecule has 6 heteroatoms. The maximum Gasteiger partial charge on any atom is 0.262 e. The summed E-state index contributed by atoms with van der Waals surface area (Å²) in [5.74, 6) is -0.841. The lowest BCUT2D eigenvalue weighted by Crippen LogP contribution is -2.52. The molecule has 2 heterocycles. The zero-order chi connectivity index (χ0) is 21.6. The summed E-state index contributed by atoms with van der Waals surface area (Å²) in [6.45, 7) is 7.44. The Morgan fingerprint density at radius 1 is 0.933 bits per heavy atom. The summed E-state index contributed by atoms with van der Waals surface area (Å²) >= 11 is 0. The molecule has 0 saturated carbocycles. The van der Waals surface area contributed by atoms with Crippen molar-refractivity contribution in [1.29, 1.82) is 0 Å². The first-order valence-corrected chi connectivity index (χ1v) is 10.1. The molecule has 2 aromatic carbocycles. The number of benzene rings is 2. The van der Waals surface area contributed by atoms with Crippen LogP contribution in [0.5, 0.6) is 0 Å². The van der Waals surface area contributed by atoms with Gasteiger partial charge >= 0.3 is 0 Å². The normalized spacial score (nSPS) is 15.6. The van der Waals surface area contributed by atoms with Crippen molar-refractivity contribution in [3.8, 4) is 0 Å². The van der Waals surface area contributed by atoms with E-state index in [1.165, 1.54) is 0 Å². The number of aryl methyl sites for hydroxylation is 1. The predicted octanol–water partition coefficient (Wildman–Crippen LogP) is 4.24. The lowest BCUT2D eigenvalue weighted by atomic mass is 10.0. The molecule has 6 nitrogen and oxygen atoms in total. The lowest BCUT2D eigenvalue weighted by molar-refractivity contribution is -0.127. The van der Waals surface area contributed by atoms with Gasteiger partial charge in [0.25, 0.3) is 11.8 Å². The zero-order valence-corrected chi connectivity index (χ0v) is 17.4. The van der Waals surface area contributed by atoms with Crippen LogP contribution >= 0.6 is 0 Å². The molecule has 3 amide bonds. The highest BCUT2D eigenvalue weighted by Crippen LogP contribution is 2.31. The summed E-state index contributed by atoms with van der Waals surface area (Å²) in [5.41, 5.74) is 2.39. The number of furan rings is 1. The van der Waals surface area contributed by atoms with Gasteiger partial charge in [-0.05, 0) is 38.0 Å². The number of amides is 3. The Balaban J connectivity index is 1.61. The average molecular weight is 404 g/mol. The quantitative estimate of drug-likeness (QED) is 0.645. The molecule has 1 aliphatic rings. The van der Waals surface area contributed by atoms with E-state index >= 15 is 0 Å². The standard InChI is InChI=1S/C24H24N2O4/c1-13(2)20(26-23(28)17-10-5-6-11-18(17)24(26)29)22(27)25-15(4)21-14(3)16-9-7-8-12-19(16)30-21/h5-13,15,20H,1-4H3,(H,25,27). The maximum absolute atomic E-state index is 13.2. The minimum atomic E-state index is -0.912. The van der Waals surface area contributed by atoms with E-state index in [0.717, 1.165) is 21.4 Å². The number of carbonyl (C=O) groups is 3. The number of rotatable bonds is 5. The van der Waals surface area contributed by atoms with Gasteiger partial charge in [-0.3, -0.25) is 19.3 Å². The summed E-state index contributed by atoms with van der Waals surface area (Å²) in [6.07, 6.45) is 0. The first-order chi connectivity index (χ1) is 14.3. The van der Waals surface area contributed by atoms with Gasteiger partial charge in [-0.15, -0.1) is 0 Å². The second kappa shape index (κ2) is 7.44. The Morgan fingerprint density at radius 2 is 1.50 bits per heavy atom. The highest BCUT2D eigenvalue weighted by Gasteiger charge is 2.44. The van der Waals surface area contributed by atoms with E-state index in [2.05, 4.69) is 5.32 Å². The fourth-order valence-corrected chi connectivity index (χ4v) is 4.15. The van der Waals surface area contributed by atoms with E-state index in [1.54, 1.807) is 24.3 Å². The highest BCUT2D eigenvalue weighted by atomic mass is 16.3. The Bertz CT molecular complexity index is 1130. The van der Waals surface area contributed by atoms with Gasteiger partial charge in [0.15, 0.2) is 0 Å². The van der Waals surface area contributed by atoms with Crippen molar-refractivity contribution in [3.63, 3.8) is 0 Å².